The Morgan fingerprint density at radius 3 is 2.69 bits per heavy atom. The Morgan fingerprint density at radius 1 is 1.44 bits per heavy atom. The molecular weight excluding hydrogens is 218 g/mol. The molecule has 0 aliphatic carbocycles. The molecule has 0 saturated carbocycles. The van der Waals surface area contributed by atoms with Gasteiger partial charge in [0, 0.05) is 25.2 Å². The van der Waals surface area contributed by atoms with Gasteiger partial charge in [-0.2, -0.15) is 0 Å². The van der Waals surface area contributed by atoms with Crippen molar-refractivity contribution in [3.63, 3.8) is 0 Å². The fraction of sp³-hybridized carbons (Fsp3) is 0.917. The van der Waals surface area contributed by atoms with Gasteiger partial charge in [-0.3, -0.25) is 0 Å². The van der Waals surface area contributed by atoms with Crippen molar-refractivity contribution in [1.82, 2.24) is 15.1 Å². The minimum absolute atomic E-state index is 0.425. The van der Waals surface area contributed by atoms with Gasteiger partial charge < -0.3 is 15.1 Å². The first-order chi connectivity index (χ1) is 7.50. The van der Waals surface area contributed by atoms with Crippen molar-refractivity contribution in [3.05, 3.63) is 0 Å². The molecule has 1 atom stereocenters. The van der Waals surface area contributed by atoms with Crippen molar-refractivity contribution >= 4 is 17.3 Å². The van der Waals surface area contributed by atoms with E-state index in [0.717, 1.165) is 18.2 Å². The van der Waals surface area contributed by atoms with Crippen LogP contribution in [0.25, 0.3) is 0 Å². The lowest BCUT2D eigenvalue weighted by atomic mass is 10.0. The van der Waals surface area contributed by atoms with Gasteiger partial charge in [0.2, 0.25) is 0 Å². The summed E-state index contributed by atoms with van der Waals surface area (Å²) in [5.74, 6) is 0. The van der Waals surface area contributed by atoms with Gasteiger partial charge in [-0.1, -0.05) is 0 Å². The highest BCUT2D eigenvalue weighted by molar-refractivity contribution is 7.80. The highest BCUT2D eigenvalue weighted by Gasteiger charge is 2.24. The van der Waals surface area contributed by atoms with Crippen LogP contribution in [0.15, 0.2) is 0 Å². The van der Waals surface area contributed by atoms with Gasteiger partial charge in [-0.25, -0.2) is 0 Å². The Morgan fingerprint density at radius 2 is 2.12 bits per heavy atom. The van der Waals surface area contributed by atoms with Gasteiger partial charge in [-0.05, 0) is 59.4 Å². The smallest absolute Gasteiger partial charge is 0.169 e. The van der Waals surface area contributed by atoms with Crippen LogP contribution in [0.1, 0.15) is 33.1 Å². The Bertz CT molecular complexity index is 228. The largest absolute Gasteiger partial charge is 0.360 e. The first-order valence-electron chi connectivity index (χ1n) is 6.22. The second-order valence-corrected chi connectivity index (χ2v) is 5.60. The van der Waals surface area contributed by atoms with E-state index in [0.29, 0.717) is 12.1 Å². The second kappa shape index (κ2) is 6.40. The fourth-order valence-corrected chi connectivity index (χ4v) is 2.69. The molecule has 0 spiro atoms. The third-order valence-corrected chi connectivity index (χ3v) is 3.23. The average molecular weight is 243 g/mol. The SMILES string of the molecule is CC(C)NC(=S)N1CCCCC1CN(C)C. The highest BCUT2D eigenvalue weighted by Crippen LogP contribution is 2.17. The maximum absolute atomic E-state index is 5.48. The van der Waals surface area contributed by atoms with Crippen LogP contribution in [0.3, 0.4) is 0 Å². The first-order valence-corrected chi connectivity index (χ1v) is 6.63. The van der Waals surface area contributed by atoms with Crippen molar-refractivity contribution in [2.24, 2.45) is 0 Å². The number of likely N-dealkylation sites (N-methyl/N-ethyl adjacent to an activating group) is 1. The molecule has 94 valence electrons. The number of hydrogen-bond donors (Lipinski definition) is 1. The zero-order chi connectivity index (χ0) is 12.1. The van der Waals surface area contributed by atoms with E-state index < -0.39 is 0 Å². The third kappa shape index (κ3) is 4.26. The molecule has 0 bridgehead atoms. The van der Waals surface area contributed by atoms with Gasteiger partial charge >= 0.3 is 0 Å². The number of piperidine rings is 1. The van der Waals surface area contributed by atoms with Crippen LogP contribution in [0.4, 0.5) is 0 Å². The van der Waals surface area contributed by atoms with E-state index in [1.165, 1.54) is 19.3 Å². The van der Waals surface area contributed by atoms with Gasteiger partial charge in [0.05, 0.1) is 0 Å². The zero-order valence-electron chi connectivity index (χ0n) is 11.0. The predicted molar refractivity (Wildman–Crippen MR) is 73.8 cm³/mol. The molecular formula is C12H25N3S. The summed E-state index contributed by atoms with van der Waals surface area (Å²) in [6.45, 7) is 6.48. The molecule has 1 saturated heterocycles. The normalized spacial score (nSPS) is 21.6. The van der Waals surface area contributed by atoms with Crippen LogP contribution in [0.5, 0.6) is 0 Å². The molecule has 0 aromatic rings. The fourth-order valence-electron chi connectivity index (χ4n) is 2.21. The minimum atomic E-state index is 0.425. The molecule has 1 unspecified atom stereocenters. The highest BCUT2D eigenvalue weighted by atomic mass is 32.1. The zero-order valence-corrected chi connectivity index (χ0v) is 11.8. The van der Waals surface area contributed by atoms with Crippen molar-refractivity contribution in [1.29, 1.82) is 0 Å². The van der Waals surface area contributed by atoms with E-state index in [1.54, 1.807) is 0 Å². The number of hydrogen-bond acceptors (Lipinski definition) is 2. The molecule has 4 heteroatoms. The van der Waals surface area contributed by atoms with Crippen LogP contribution in [-0.2, 0) is 0 Å². The lowest BCUT2D eigenvalue weighted by Gasteiger charge is -2.39. The van der Waals surface area contributed by atoms with Gasteiger partial charge in [0.25, 0.3) is 0 Å². The Labute approximate surface area is 105 Å². The number of rotatable bonds is 3. The maximum atomic E-state index is 5.48. The minimum Gasteiger partial charge on any atom is -0.360 e. The van der Waals surface area contributed by atoms with E-state index in [-0.39, 0.29) is 0 Å². The number of likely N-dealkylation sites (tertiary alicyclic amines) is 1. The van der Waals surface area contributed by atoms with E-state index in [9.17, 15) is 0 Å². The quantitative estimate of drug-likeness (QED) is 0.760. The molecule has 0 aromatic heterocycles. The Balaban J connectivity index is 2.55. The van der Waals surface area contributed by atoms with Crippen molar-refractivity contribution < 1.29 is 0 Å². The predicted octanol–water partition coefficient (Wildman–Crippen LogP) is 1.69. The van der Waals surface area contributed by atoms with Crippen molar-refractivity contribution in [3.8, 4) is 0 Å². The molecule has 1 N–H and O–H groups in total. The molecule has 0 amide bonds. The van der Waals surface area contributed by atoms with E-state index in [1.807, 2.05) is 0 Å². The van der Waals surface area contributed by atoms with E-state index in [2.05, 4.69) is 43.1 Å². The molecule has 1 rings (SSSR count). The average Bonchev–Trinajstić information content (AvgIpc) is 2.16. The molecule has 1 heterocycles. The lowest BCUT2D eigenvalue weighted by molar-refractivity contribution is 0.192. The molecule has 3 nitrogen and oxygen atoms in total. The summed E-state index contributed by atoms with van der Waals surface area (Å²) in [5.41, 5.74) is 0. The third-order valence-electron chi connectivity index (χ3n) is 2.88. The van der Waals surface area contributed by atoms with Crippen LogP contribution >= 0.6 is 12.2 Å². The summed E-state index contributed by atoms with van der Waals surface area (Å²) in [7, 11) is 4.26. The topological polar surface area (TPSA) is 18.5 Å². The molecule has 16 heavy (non-hydrogen) atoms. The molecule has 1 aliphatic rings. The maximum Gasteiger partial charge on any atom is 0.169 e. The van der Waals surface area contributed by atoms with Crippen LogP contribution in [-0.4, -0.2) is 54.2 Å². The van der Waals surface area contributed by atoms with E-state index in [4.69, 9.17) is 12.2 Å². The Kier molecular flexibility index (Phi) is 5.49. The van der Waals surface area contributed by atoms with Gasteiger partial charge in [0.15, 0.2) is 5.11 Å². The van der Waals surface area contributed by atoms with Gasteiger partial charge in [-0.15, -0.1) is 0 Å². The standard InChI is InChI=1S/C12H25N3S/c1-10(2)13-12(16)15-8-6-5-7-11(15)9-14(3)4/h10-11H,5-9H2,1-4H3,(H,13,16). The second-order valence-electron chi connectivity index (χ2n) is 5.21. The van der Waals surface area contributed by atoms with Crippen LogP contribution in [0, 0.1) is 0 Å². The number of nitrogens with one attached hydrogen (secondary N) is 1. The molecule has 0 aromatic carbocycles. The van der Waals surface area contributed by atoms with Gasteiger partial charge in [0.1, 0.15) is 0 Å². The molecule has 1 fully saturated rings. The first kappa shape index (κ1) is 13.7. The summed E-state index contributed by atoms with van der Waals surface area (Å²) in [5, 5.41) is 4.29. The van der Waals surface area contributed by atoms with Crippen molar-refractivity contribution in [2.45, 2.75) is 45.2 Å². The summed E-state index contributed by atoms with van der Waals surface area (Å²) >= 11 is 5.48. The number of thiocarbonyl (C=S) groups is 1. The summed E-state index contributed by atoms with van der Waals surface area (Å²) in [6, 6.07) is 1.01. The Hall–Kier alpha value is -0.350. The summed E-state index contributed by atoms with van der Waals surface area (Å²) in [6.07, 6.45) is 3.86. The monoisotopic (exact) mass is 243 g/mol. The summed E-state index contributed by atoms with van der Waals surface area (Å²) in [4.78, 5) is 4.62. The van der Waals surface area contributed by atoms with Crippen LogP contribution in [0.2, 0.25) is 0 Å². The summed E-state index contributed by atoms with van der Waals surface area (Å²) < 4.78 is 0. The van der Waals surface area contributed by atoms with Crippen molar-refractivity contribution in [2.75, 3.05) is 27.2 Å². The lowest BCUT2D eigenvalue weighted by Crippen LogP contribution is -2.53. The number of nitrogens with zero attached hydrogens (tertiary/aromatic N) is 2. The molecule has 0 radical (unpaired) electrons. The van der Waals surface area contributed by atoms with Crippen LogP contribution < -0.4 is 5.32 Å². The van der Waals surface area contributed by atoms with E-state index >= 15 is 0 Å². The molecule has 1 aliphatic heterocycles.